The second-order valence-corrected chi connectivity index (χ2v) is 5.34. The molecule has 0 unspecified atom stereocenters. The molecule has 2 N–H and O–H groups in total. The van der Waals surface area contributed by atoms with Crippen LogP contribution < -0.4 is 10.6 Å². The van der Waals surface area contributed by atoms with E-state index in [0.29, 0.717) is 5.88 Å². The third-order valence-electron chi connectivity index (χ3n) is 3.83. The largest absolute Gasteiger partial charge is 0.338 e. The van der Waals surface area contributed by atoms with Gasteiger partial charge in [-0.3, -0.25) is 10.1 Å². The Labute approximate surface area is 123 Å². The minimum absolute atomic E-state index is 0.0476. The molecule has 5 heteroatoms. The SMILES string of the molecule is Cc1c(-c2ccccc2)noc1NC(=O)[C@@H]1CCCCN1. The van der Waals surface area contributed by atoms with Gasteiger partial charge in [0.25, 0.3) is 0 Å². The highest BCUT2D eigenvalue weighted by molar-refractivity contribution is 5.94. The van der Waals surface area contributed by atoms with E-state index in [2.05, 4.69) is 15.8 Å². The van der Waals surface area contributed by atoms with Gasteiger partial charge in [-0.15, -0.1) is 0 Å². The van der Waals surface area contributed by atoms with Crippen molar-refractivity contribution >= 4 is 11.8 Å². The molecule has 1 aliphatic rings. The summed E-state index contributed by atoms with van der Waals surface area (Å²) in [4.78, 5) is 12.2. The van der Waals surface area contributed by atoms with Gasteiger partial charge in [0.05, 0.1) is 6.04 Å². The number of aromatic nitrogens is 1. The van der Waals surface area contributed by atoms with E-state index >= 15 is 0 Å². The number of rotatable bonds is 3. The van der Waals surface area contributed by atoms with E-state index in [1.807, 2.05) is 37.3 Å². The van der Waals surface area contributed by atoms with E-state index in [4.69, 9.17) is 4.52 Å². The first-order valence-corrected chi connectivity index (χ1v) is 7.31. The Morgan fingerprint density at radius 2 is 2.14 bits per heavy atom. The van der Waals surface area contributed by atoms with Crippen molar-refractivity contribution in [3.05, 3.63) is 35.9 Å². The van der Waals surface area contributed by atoms with Gasteiger partial charge in [0.2, 0.25) is 11.8 Å². The molecule has 1 aromatic heterocycles. The molecule has 1 aromatic carbocycles. The molecule has 1 saturated heterocycles. The fraction of sp³-hybridized carbons (Fsp3) is 0.375. The van der Waals surface area contributed by atoms with Crippen LogP contribution in [-0.2, 0) is 4.79 Å². The summed E-state index contributed by atoms with van der Waals surface area (Å²) >= 11 is 0. The Balaban J connectivity index is 1.75. The summed E-state index contributed by atoms with van der Waals surface area (Å²) < 4.78 is 5.30. The summed E-state index contributed by atoms with van der Waals surface area (Å²) in [6, 6.07) is 9.67. The molecule has 3 rings (SSSR count). The monoisotopic (exact) mass is 285 g/mol. The first kappa shape index (κ1) is 13.8. The highest BCUT2D eigenvalue weighted by atomic mass is 16.5. The maximum Gasteiger partial charge on any atom is 0.243 e. The lowest BCUT2D eigenvalue weighted by Crippen LogP contribution is -2.43. The van der Waals surface area contributed by atoms with Crippen molar-refractivity contribution in [1.82, 2.24) is 10.5 Å². The Kier molecular flexibility index (Phi) is 4.01. The van der Waals surface area contributed by atoms with Crippen molar-refractivity contribution in [2.24, 2.45) is 0 Å². The maximum absolute atomic E-state index is 12.2. The fourth-order valence-corrected chi connectivity index (χ4v) is 2.59. The first-order chi connectivity index (χ1) is 10.3. The predicted octanol–water partition coefficient (Wildman–Crippen LogP) is 2.73. The van der Waals surface area contributed by atoms with Crippen LogP contribution in [0.15, 0.2) is 34.9 Å². The number of carbonyl (C=O) groups is 1. The minimum Gasteiger partial charge on any atom is -0.338 e. The number of nitrogens with one attached hydrogen (secondary N) is 2. The van der Waals surface area contributed by atoms with Crippen molar-refractivity contribution in [1.29, 1.82) is 0 Å². The summed E-state index contributed by atoms with van der Waals surface area (Å²) in [6.07, 6.45) is 3.07. The van der Waals surface area contributed by atoms with Crippen LogP contribution in [0.25, 0.3) is 11.3 Å². The number of carbonyl (C=O) groups excluding carboxylic acids is 1. The van der Waals surface area contributed by atoms with E-state index in [1.54, 1.807) is 0 Å². The quantitative estimate of drug-likeness (QED) is 0.910. The second-order valence-electron chi connectivity index (χ2n) is 5.34. The normalized spacial score (nSPS) is 18.4. The zero-order chi connectivity index (χ0) is 14.7. The van der Waals surface area contributed by atoms with Gasteiger partial charge in [0, 0.05) is 11.1 Å². The molecule has 1 fully saturated rings. The molecule has 0 saturated carbocycles. The average molecular weight is 285 g/mol. The zero-order valence-corrected chi connectivity index (χ0v) is 12.1. The van der Waals surface area contributed by atoms with Gasteiger partial charge in [-0.1, -0.05) is 41.9 Å². The summed E-state index contributed by atoms with van der Waals surface area (Å²) in [6.45, 7) is 2.80. The predicted molar refractivity (Wildman–Crippen MR) is 80.9 cm³/mol. The van der Waals surface area contributed by atoms with E-state index in [-0.39, 0.29) is 11.9 Å². The highest BCUT2D eigenvalue weighted by Gasteiger charge is 2.23. The number of nitrogens with zero attached hydrogens (tertiary/aromatic N) is 1. The second kappa shape index (κ2) is 6.10. The molecule has 5 nitrogen and oxygen atoms in total. The molecule has 21 heavy (non-hydrogen) atoms. The number of amides is 1. The molecule has 0 spiro atoms. The molecule has 2 aromatic rings. The van der Waals surface area contributed by atoms with E-state index in [1.165, 1.54) is 0 Å². The van der Waals surface area contributed by atoms with Crippen LogP contribution >= 0.6 is 0 Å². The molecule has 0 radical (unpaired) electrons. The number of anilines is 1. The lowest BCUT2D eigenvalue weighted by atomic mass is 10.0. The van der Waals surface area contributed by atoms with Gasteiger partial charge >= 0.3 is 0 Å². The Bertz CT molecular complexity index is 616. The van der Waals surface area contributed by atoms with Crippen LogP contribution in [0.1, 0.15) is 24.8 Å². The lowest BCUT2D eigenvalue weighted by Gasteiger charge is -2.21. The van der Waals surface area contributed by atoms with Gasteiger partial charge in [-0.25, -0.2) is 0 Å². The Morgan fingerprint density at radius 3 is 2.86 bits per heavy atom. The van der Waals surface area contributed by atoms with Gasteiger partial charge < -0.3 is 9.84 Å². The zero-order valence-electron chi connectivity index (χ0n) is 12.1. The highest BCUT2D eigenvalue weighted by Crippen LogP contribution is 2.27. The molecule has 110 valence electrons. The minimum atomic E-state index is -0.136. The molecule has 1 amide bonds. The van der Waals surface area contributed by atoms with Gasteiger partial charge in [-0.05, 0) is 26.3 Å². The van der Waals surface area contributed by atoms with E-state index in [9.17, 15) is 4.79 Å². The van der Waals surface area contributed by atoms with Crippen LogP contribution in [0.5, 0.6) is 0 Å². The number of hydrogen-bond acceptors (Lipinski definition) is 4. The smallest absolute Gasteiger partial charge is 0.243 e. The third-order valence-corrected chi connectivity index (χ3v) is 3.83. The van der Waals surface area contributed by atoms with Crippen molar-refractivity contribution in [3.63, 3.8) is 0 Å². The van der Waals surface area contributed by atoms with Crippen LogP contribution in [0.2, 0.25) is 0 Å². The van der Waals surface area contributed by atoms with Crippen molar-refractivity contribution in [2.45, 2.75) is 32.2 Å². The topological polar surface area (TPSA) is 67.2 Å². The van der Waals surface area contributed by atoms with Crippen LogP contribution in [0.4, 0.5) is 5.88 Å². The van der Waals surface area contributed by atoms with Gasteiger partial charge in [0.1, 0.15) is 5.69 Å². The van der Waals surface area contributed by atoms with Crippen molar-refractivity contribution in [2.75, 3.05) is 11.9 Å². The summed E-state index contributed by atoms with van der Waals surface area (Å²) in [7, 11) is 0. The Morgan fingerprint density at radius 1 is 1.33 bits per heavy atom. The number of hydrogen-bond donors (Lipinski definition) is 2. The molecule has 0 bridgehead atoms. The molecular weight excluding hydrogens is 266 g/mol. The standard InChI is InChI=1S/C16H19N3O2/c1-11-14(12-7-3-2-4-8-12)19-21-16(11)18-15(20)13-9-5-6-10-17-13/h2-4,7-8,13,17H,5-6,9-10H2,1H3,(H,18,20)/t13-/m0/s1. The van der Waals surface area contributed by atoms with Gasteiger partial charge in [-0.2, -0.15) is 0 Å². The van der Waals surface area contributed by atoms with Crippen LogP contribution in [0.3, 0.4) is 0 Å². The van der Waals surface area contributed by atoms with Gasteiger partial charge in [0.15, 0.2) is 0 Å². The number of piperidine rings is 1. The summed E-state index contributed by atoms with van der Waals surface area (Å²) in [5.74, 6) is 0.389. The average Bonchev–Trinajstić information content (AvgIpc) is 2.90. The molecular formula is C16H19N3O2. The maximum atomic E-state index is 12.2. The molecule has 1 aliphatic heterocycles. The third kappa shape index (κ3) is 2.97. The van der Waals surface area contributed by atoms with Crippen LogP contribution in [0, 0.1) is 6.92 Å². The van der Waals surface area contributed by atoms with E-state index < -0.39 is 0 Å². The molecule has 1 atom stereocenters. The first-order valence-electron chi connectivity index (χ1n) is 7.31. The summed E-state index contributed by atoms with van der Waals surface area (Å²) in [5.41, 5.74) is 2.60. The number of benzene rings is 1. The Hall–Kier alpha value is -2.14. The molecule has 2 heterocycles. The summed E-state index contributed by atoms with van der Waals surface area (Å²) in [5, 5.41) is 10.1. The van der Waals surface area contributed by atoms with Crippen LogP contribution in [-0.4, -0.2) is 23.7 Å². The van der Waals surface area contributed by atoms with E-state index in [0.717, 1.165) is 42.6 Å². The van der Waals surface area contributed by atoms with Crippen molar-refractivity contribution in [3.8, 4) is 11.3 Å². The molecule has 0 aliphatic carbocycles. The fourth-order valence-electron chi connectivity index (χ4n) is 2.59. The van der Waals surface area contributed by atoms with Crippen molar-refractivity contribution < 1.29 is 9.32 Å². The lowest BCUT2D eigenvalue weighted by molar-refractivity contribution is -0.118.